The molecular weight excluding hydrogens is 284 g/mol. The van der Waals surface area contributed by atoms with Crippen molar-refractivity contribution in [2.45, 2.75) is 31.5 Å². The molecule has 0 radical (unpaired) electrons. The summed E-state index contributed by atoms with van der Waals surface area (Å²) in [4.78, 5) is 0. The predicted octanol–water partition coefficient (Wildman–Crippen LogP) is 2.13. The molecule has 1 aliphatic carbocycles. The molecule has 2 unspecified atom stereocenters. The van der Waals surface area contributed by atoms with E-state index in [0.717, 1.165) is 28.6 Å². The van der Waals surface area contributed by atoms with E-state index < -0.39 is 12.2 Å². The average Bonchev–Trinajstić information content (AvgIpc) is 3.12. The van der Waals surface area contributed by atoms with Crippen molar-refractivity contribution < 1.29 is 14.9 Å². The van der Waals surface area contributed by atoms with E-state index >= 15 is 0 Å². The fraction of sp³-hybridized carbons (Fsp3) is 0.538. The number of hydrogen-bond acceptors (Lipinski definition) is 3. The average molecular weight is 301 g/mol. The molecule has 2 N–H and O–H groups in total. The molecule has 1 aliphatic rings. The van der Waals surface area contributed by atoms with Crippen LogP contribution >= 0.6 is 15.9 Å². The van der Waals surface area contributed by atoms with Gasteiger partial charge in [-0.05, 0) is 42.5 Å². The molecule has 3 nitrogen and oxygen atoms in total. The van der Waals surface area contributed by atoms with Gasteiger partial charge in [-0.15, -0.1) is 0 Å². The van der Waals surface area contributed by atoms with Gasteiger partial charge in [-0.3, -0.25) is 0 Å². The summed E-state index contributed by atoms with van der Waals surface area (Å²) in [6, 6.07) is 5.67. The molecule has 0 spiro atoms. The summed E-state index contributed by atoms with van der Waals surface area (Å²) in [5, 5.41) is 19.8. The Morgan fingerprint density at radius 2 is 2.12 bits per heavy atom. The summed E-state index contributed by atoms with van der Waals surface area (Å²) < 4.78 is 6.19. The maximum Gasteiger partial charge on any atom is 0.122 e. The Balaban J connectivity index is 2.08. The number of aliphatic hydroxyl groups excluding tert-OH is 2. The first-order valence-electron chi connectivity index (χ1n) is 5.80. The second-order valence-electron chi connectivity index (χ2n) is 4.56. The molecule has 17 heavy (non-hydrogen) atoms. The van der Waals surface area contributed by atoms with Crippen molar-refractivity contribution in [3.63, 3.8) is 0 Å². The molecule has 4 heteroatoms. The van der Waals surface area contributed by atoms with Crippen LogP contribution in [0.3, 0.4) is 0 Å². The minimum Gasteiger partial charge on any atom is -0.496 e. The summed E-state index contributed by atoms with van der Waals surface area (Å²) >= 11 is 3.39. The summed E-state index contributed by atoms with van der Waals surface area (Å²) in [6.07, 6.45) is 1.13. The van der Waals surface area contributed by atoms with E-state index in [0.29, 0.717) is 6.42 Å². The van der Waals surface area contributed by atoms with Crippen LogP contribution in [0.5, 0.6) is 5.75 Å². The molecule has 2 rings (SSSR count). The maximum atomic E-state index is 9.97. The first-order valence-corrected chi connectivity index (χ1v) is 6.59. The number of halogens is 1. The van der Waals surface area contributed by atoms with E-state index in [2.05, 4.69) is 15.9 Å². The highest BCUT2D eigenvalue weighted by Gasteiger charge is 2.34. The number of hydrogen-bond donors (Lipinski definition) is 2. The second-order valence-corrected chi connectivity index (χ2v) is 5.47. The van der Waals surface area contributed by atoms with Crippen LogP contribution in [0.25, 0.3) is 0 Å². The third-order valence-corrected chi connectivity index (χ3v) is 3.66. The molecular formula is C13H17BrO3. The van der Waals surface area contributed by atoms with Gasteiger partial charge in [-0.25, -0.2) is 0 Å². The topological polar surface area (TPSA) is 49.7 Å². The number of benzene rings is 1. The molecule has 94 valence electrons. The largest absolute Gasteiger partial charge is 0.496 e. The van der Waals surface area contributed by atoms with E-state index in [1.807, 2.05) is 18.2 Å². The van der Waals surface area contributed by atoms with Crippen LogP contribution in [0.4, 0.5) is 0 Å². The fourth-order valence-corrected chi connectivity index (χ4v) is 2.41. The van der Waals surface area contributed by atoms with Crippen LogP contribution in [-0.2, 0) is 6.42 Å². The summed E-state index contributed by atoms with van der Waals surface area (Å²) in [7, 11) is 1.61. The van der Waals surface area contributed by atoms with Crippen molar-refractivity contribution in [2.75, 3.05) is 7.11 Å². The van der Waals surface area contributed by atoms with Gasteiger partial charge in [-0.2, -0.15) is 0 Å². The van der Waals surface area contributed by atoms with Crippen molar-refractivity contribution in [1.82, 2.24) is 0 Å². The minimum absolute atomic E-state index is 0.281. The standard InChI is InChI=1S/C13H17BrO3/c1-17-12-5-4-10(14)6-9(12)7-11(15)13(16)8-2-3-8/h4-6,8,11,13,15-16H,2-3,7H2,1H3. The Bertz CT molecular complexity index is 390. The molecule has 1 aromatic carbocycles. The molecule has 0 bridgehead atoms. The van der Waals surface area contributed by atoms with Crippen LogP contribution < -0.4 is 4.74 Å². The molecule has 0 saturated heterocycles. The number of aliphatic hydroxyl groups is 2. The monoisotopic (exact) mass is 300 g/mol. The highest BCUT2D eigenvalue weighted by atomic mass is 79.9. The van der Waals surface area contributed by atoms with Gasteiger partial charge in [0.2, 0.25) is 0 Å². The van der Waals surface area contributed by atoms with Crippen LogP contribution in [0.2, 0.25) is 0 Å². The van der Waals surface area contributed by atoms with E-state index in [4.69, 9.17) is 4.74 Å². The first-order chi connectivity index (χ1) is 8.11. The van der Waals surface area contributed by atoms with Gasteiger partial charge in [-0.1, -0.05) is 15.9 Å². The molecule has 1 aromatic rings. The lowest BCUT2D eigenvalue weighted by Gasteiger charge is -2.18. The van der Waals surface area contributed by atoms with E-state index in [-0.39, 0.29) is 5.92 Å². The van der Waals surface area contributed by atoms with Gasteiger partial charge in [0, 0.05) is 10.9 Å². The molecule has 0 aliphatic heterocycles. The Morgan fingerprint density at radius 3 is 2.71 bits per heavy atom. The predicted molar refractivity (Wildman–Crippen MR) is 69.1 cm³/mol. The van der Waals surface area contributed by atoms with Crippen molar-refractivity contribution in [3.05, 3.63) is 28.2 Å². The van der Waals surface area contributed by atoms with Crippen LogP contribution in [-0.4, -0.2) is 29.5 Å². The molecule has 1 saturated carbocycles. The minimum atomic E-state index is -0.717. The number of methoxy groups -OCH3 is 1. The summed E-state index contributed by atoms with van der Waals surface area (Å²) in [6.45, 7) is 0. The van der Waals surface area contributed by atoms with Crippen LogP contribution in [0.1, 0.15) is 18.4 Å². The van der Waals surface area contributed by atoms with Crippen molar-refractivity contribution in [3.8, 4) is 5.75 Å². The molecule has 2 atom stereocenters. The van der Waals surface area contributed by atoms with Crippen LogP contribution in [0.15, 0.2) is 22.7 Å². The molecule has 1 fully saturated rings. The Labute approximate surface area is 110 Å². The van der Waals surface area contributed by atoms with Gasteiger partial charge in [0.25, 0.3) is 0 Å². The van der Waals surface area contributed by atoms with Crippen molar-refractivity contribution >= 4 is 15.9 Å². The zero-order valence-corrected chi connectivity index (χ0v) is 11.4. The van der Waals surface area contributed by atoms with E-state index in [1.54, 1.807) is 7.11 Å². The quantitative estimate of drug-likeness (QED) is 0.876. The number of ether oxygens (including phenoxy) is 1. The summed E-state index contributed by atoms with van der Waals surface area (Å²) in [5.74, 6) is 1.03. The van der Waals surface area contributed by atoms with Gasteiger partial charge in [0.1, 0.15) is 5.75 Å². The Hall–Kier alpha value is -0.580. The molecule has 0 amide bonds. The lowest BCUT2D eigenvalue weighted by molar-refractivity contribution is 0.00646. The Kier molecular flexibility index (Phi) is 4.07. The highest BCUT2D eigenvalue weighted by Crippen LogP contribution is 2.35. The van der Waals surface area contributed by atoms with Gasteiger partial charge >= 0.3 is 0 Å². The van der Waals surface area contributed by atoms with Gasteiger partial charge < -0.3 is 14.9 Å². The second kappa shape index (κ2) is 5.38. The van der Waals surface area contributed by atoms with Crippen molar-refractivity contribution in [2.24, 2.45) is 5.92 Å². The third-order valence-electron chi connectivity index (χ3n) is 3.17. The maximum absolute atomic E-state index is 9.97. The highest BCUT2D eigenvalue weighted by molar-refractivity contribution is 9.10. The molecule has 0 heterocycles. The van der Waals surface area contributed by atoms with Gasteiger partial charge in [0.05, 0.1) is 19.3 Å². The fourth-order valence-electron chi connectivity index (χ4n) is 2.00. The smallest absolute Gasteiger partial charge is 0.122 e. The Morgan fingerprint density at radius 1 is 1.41 bits per heavy atom. The summed E-state index contributed by atoms with van der Waals surface area (Å²) in [5.41, 5.74) is 0.911. The van der Waals surface area contributed by atoms with Crippen LogP contribution in [0, 0.1) is 5.92 Å². The normalized spacial score (nSPS) is 18.8. The SMILES string of the molecule is COc1ccc(Br)cc1CC(O)C(O)C1CC1. The van der Waals surface area contributed by atoms with Crippen molar-refractivity contribution in [1.29, 1.82) is 0 Å². The zero-order valence-electron chi connectivity index (χ0n) is 9.77. The number of rotatable bonds is 5. The first kappa shape index (κ1) is 12.9. The molecule has 0 aromatic heterocycles. The lowest BCUT2D eigenvalue weighted by Crippen LogP contribution is -2.29. The lowest BCUT2D eigenvalue weighted by atomic mass is 10.0. The van der Waals surface area contributed by atoms with E-state index in [1.165, 1.54) is 0 Å². The van der Waals surface area contributed by atoms with Gasteiger partial charge in [0.15, 0.2) is 0 Å². The van der Waals surface area contributed by atoms with E-state index in [9.17, 15) is 10.2 Å². The zero-order chi connectivity index (χ0) is 12.4. The third kappa shape index (κ3) is 3.21.